The van der Waals surface area contributed by atoms with Gasteiger partial charge in [0.1, 0.15) is 17.7 Å². The summed E-state index contributed by atoms with van der Waals surface area (Å²) in [6, 6.07) is 5.78. The van der Waals surface area contributed by atoms with Crippen molar-refractivity contribution in [2.24, 2.45) is 0 Å². The second-order valence-corrected chi connectivity index (χ2v) is 5.60. The first-order chi connectivity index (χ1) is 11.2. The number of imidazole rings is 1. The SMILES string of the molecule is OC(c1ccc(F)cc1)c1nccn1CCOC1CCCCO1. The van der Waals surface area contributed by atoms with Gasteiger partial charge in [-0.1, -0.05) is 12.1 Å². The van der Waals surface area contributed by atoms with Crippen LogP contribution in [0.2, 0.25) is 0 Å². The van der Waals surface area contributed by atoms with Crippen LogP contribution in [-0.2, 0) is 16.0 Å². The van der Waals surface area contributed by atoms with Crippen molar-refractivity contribution in [1.29, 1.82) is 0 Å². The van der Waals surface area contributed by atoms with E-state index >= 15 is 0 Å². The van der Waals surface area contributed by atoms with E-state index in [4.69, 9.17) is 9.47 Å². The molecule has 0 radical (unpaired) electrons. The monoisotopic (exact) mass is 320 g/mol. The Morgan fingerprint density at radius 2 is 2.17 bits per heavy atom. The van der Waals surface area contributed by atoms with E-state index < -0.39 is 6.10 Å². The van der Waals surface area contributed by atoms with Crippen LogP contribution in [0.1, 0.15) is 36.8 Å². The molecule has 1 fully saturated rings. The summed E-state index contributed by atoms with van der Waals surface area (Å²) in [6.07, 6.45) is 5.57. The number of benzene rings is 1. The predicted molar refractivity (Wildman–Crippen MR) is 82.2 cm³/mol. The van der Waals surface area contributed by atoms with Crippen LogP contribution in [0, 0.1) is 5.82 Å². The van der Waals surface area contributed by atoms with Gasteiger partial charge < -0.3 is 19.1 Å². The minimum Gasteiger partial charge on any atom is -0.380 e. The molecule has 1 aliphatic rings. The molecule has 0 bridgehead atoms. The summed E-state index contributed by atoms with van der Waals surface area (Å²) in [5.74, 6) is 0.190. The highest BCUT2D eigenvalue weighted by molar-refractivity contribution is 5.23. The van der Waals surface area contributed by atoms with E-state index in [2.05, 4.69) is 4.98 Å². The summed E-state index contributed by atoms with van der Waals surface area (Å²) in [5, 5.41) is 10.4. The number of aliphatic hydroxyl groups excluding tert-OH is 1. The van der Waals surface area contributed by atoms with Gasteiger partial charge in [0, 0.05) is 25.5 Å². The van der Waals surface area contributed by atoms with Gasteiger partial charge in [-0.15, -0.1) is 0 Å². The molecule has 0 amide bonds. The lowest BCUT2D eigenvalue weighted by atomic mass is 10.1. The fourth-order valence-electron chi connectivity index (χ4n) is 2.68. The molecule has 2 aromatic rings. The van der Waals surface area contributed by atoms with Crippen LogP contribution in [0.3, 0.4) is 0 Å². The minimum absolute atomic E-state index is 0.127. The van der Waals surface area contributed by atoms with Crippen molar-refractivity contribution in [1.82, 2.24) is 9.55 Å². The first kappa shape index (κ1) is 16.1. The second-order valence-electron chi connectivity index (χ2n) is 5.60. The molecule has 23 heavy (non-hydrogen) atoms. The first-order valence-corrected chi connectivity index (χ1v) is 7.92. The molecular weight excluding hydrogens is 299 g/mol. The van der Waals surface area contributed by atoms with Crippen molar-refractivity contribution >= 4 is 0 Å². The topological polar surface area (TPSA) is 56.5 Å². The van der Waals surface area contributed by atoms with Gasteiger partial charge in [-0.05, 0) is 37.0 Å². The second kappa shape index (κ2) is 7.68. The van der Waals surface area contributed by atoms with Gasteiger partial charge in [-0.3, -0.25) is 0 Å². The molecule has 0 spiro atoms. The molecular formula is C17H21FN2O3. The quantitative estimate of drug-likeness (QED) is 0.889. The van der Waals surface area contributed by atoms with Crippen molar-refractivity contribution in [3.63, 3.8) is 0 Å². The van der Waals surface area contributed by atoms with E-state index in [1.165, 1.54) is 12.1 Å². The summed E-state index contributed by atoms with van der Waals surface area (Å²) in [4.78, 5) is 4.21. The Balaban J connectivity index is 1.59. The number of aromatic nitrogens is 2. The Morgan fingerprint density at radius 3 is 2.91 bits per heavy atom. The smallest absolute Gasteiger partial charge is 0.157 e. The molecule has 1 N–H and O–H groups in total. The molecule has 5 nitrogen and oxygen atoms in total. The van der Waals surface area contributed by atoms with Crippen molar-refractivity contribution in [2.45, 2.75) is 38.2 Å². The Kier molecular flexibility index (Phi) is 5.38. The maximum atomic E-state index is 13.0. The molecule has 0 aliphatic carbocycles. The van der Waals surface area contributed by atoms with Gasteiger partial charge in [-0.25, -0.2) is 9.37 Å². The average Bonchev–Trinajstić information content (AvgIpc) is 3.04. The Bertz CT molecular complexity index is 609. The average molecular weight is 320 g/mol. The summed E-state index contributed by atoms with van der Waals surface area (Å²) in [5.41, 5.74) is 0.607. The van der Waals surface area contributed by atoms with Crippen LogP contribution >= 0.6 is 0 Å². The van der Waals surface area contributed by atoms with Gasteiger partial charge in [0.15, 0.2) is 6.29 Å². The summed E-state index contributed by atoms with van der Waals surface area (Å²) < 4.78 is 26.1. The standard InChI is InChI=1S/C17H21FN2O3/c18-14-6-4-13(5-7-14)16(21)17-19-8-9-20(17)10-12-23-15-3-1-2-11-22-15/h4-9,15-16,21H,1-3,10-12H2. The van der Waals surface area contributed by atoms with Crippen molar-refractivity contribution in [3.8, 4) is 0 Å². The number of nitrogens with zero attached hydrogens (tertiary/aromatic N) is 2. The third-order valence-electron chi connectivity index (χ3n) is 3.95. The molecule has 1 aromatic heterocycles. The zero-order valence-corrected chi connectivity index (χ0v) is 12.9. The lowest BCUT2D eigenvalue weighted by Gasteiger charge is -2.23. The molecule has 2 atom stereocenters. The molecule has 2 heterocycles. The number of ether oxygens (including phenoxy) is 2. The zero-order chi connectivity index (χ0) is 16.1. The Hall–Kier alpha value is -1.76. The number of hydrogen-bond donors (Lipinski definition) is 1. The van der Waals surface area contributed by atoms with E-state index in [1.54, 1.807) is 24.5 Å². The van der Waals surface area contributed by atoms with E-state index in [-0.39, 0.29) is 12.1 Å². The van der Waals surface area contributed by atoms with Crippen LogP contribution in [0.5, 0.6) is 0 Å². The van der Waals surface area contributed by atoms with E-state index in [9.17, 15) is 9.50 Å². The number of halogens is 1. The third-order valence-corrected chi connectivity index (χ3v) is 3.95. The molecule has 1 aromatic carbocycles. The fraction of sp³-hybridized carbons (Fsp3) is 0.471. The van der Waals surface area contributed by atoms with Crippen molar-refractivity contribution in [3.05, 3.63) is 53.9 Å². The Morgan fingerprint density at radius 1 is 1.35 bits per heavy atom. The molecule has 1 aliphatic heterocycles. The van der Waals surface area contributed by atoms with Crippen LogP contribution in [0.4, 0.5) is 4.39 Å². The van der Waals surface area contributed by atoms with Crippen LogP contribution in [0.15, 0.2) is 36.7 Å². The van der Waals surface area contributed by atoms with Crippen LogP contribution < -0.4 is 0 Å². The van der Waals surface area contributed by atoms with E-state index in [1.807, 2.05) is 4.57 Å². The van der Waals surface area contributed by atoms with Crippen molar-refractivity contribution in [2.75, 3.05) is 13.2 Å². The van der Waals surface area contributed by atoms with E-state index in [0.29, 0.717) is 24.5 Å². The number of hydrogen-bond acceptors (Lipinski definition) is 4. The third kappa shape index (κ3) is 4.16. The summed E-state index contributed by atoms with van der Waals surface area (Å²) in [6.45, 7) is 1.82. The highest BCUT2D eigenvalue weighted by Crippen LogP contribution is 2.21. The van der Waals surface area contributed by atoms with Gasteiger partial charge in [0.05, 0.1) is 6.61 Å². The number of aliphatic hydroxyl groups is 1. The maximum Gasteiger partial charge on any atom is 0.157 e. The lowest BCUT2D eigenvalue weighted by Crippen LogP contribution is -2.24. The van der Waals surface area contributed by atoms with Crippen LogP contribution in [0.25, 0.3) is 0 Å². The molecule has 0 saturated carbocycles. The minimum atomic E-state index is -0.892. The highest BCUT2D eigenvalue weighted by Gasteiger charge is 2.17. The summed E-state index contributed by atoms with van der Waals surface area (Å²) >= 11 is 0. The molecule has 124 valence electrons. The zero-order valence-electron chi connectivity index (χ0n) is 12.9. The Labute approximate surface area is 134 Å². The molecule has 3 rings (SSSR count). The molecule has 1 saturated heterocycles. The van der Waals surface area contributed by atoms with Gasteiger partial charge in [-0.2, -0.15) is 0 Å². The predicted octanol–water partition coefficient (Wildman–Crippen LogP) is 2.65. The highest BCUT2D eigenvalue weighted by atomic mass is 19.1. The van der Waals surface area contributed by atoms with E-state index in [0.717, 1.165) is 25.9 Å². The van der Waals surface area contributed by atoms with Gasteiger partial charge >= 0.3 is 0 Å². The lowest BCUT2D eigenvalue weighted by molar-refractivity contribution is -0.163. The molecule has 2 unspecified atom stereocenters. The van der Waals surface area contributed by atoms with Gasteiger partial charge in [0.25, 0.3) is 0 Å². The largest absolute Gasteiger partial charge is 0.380 e. The van der Waals surface area contributed by atoms with Crippen LogP contribution in [-0.4, -0.2) is 34.2 Å². The molecule has 6 heteroatoms. The van der Waals surface area contributed by atoms with Gasteiger partial charge in [0.2, 0.25) is 0 Å². The first-order valence-electron chi connectivity index (χ1n) is 7.92. The maximum absolute atomic E-state index is 13.0. The fourth-order valence-corrected chi connectivity index (χ4v) is 2.68. The van der Waals surface area contributed by atoms with Crippen molar-refractivity contribution < 1.29 is 19.0 Å². The normalized spacial score (nSPS) is 19.7. The number of rotatable bonds is 6. The summed E-state index contributed by atoms with van der Waals surface area (Å²) in [7, 11) is 0.